The van der Waals surface area contributed by atoms with Crippen LogP contribution in [0.1, 0.15) is 10.5 Å². The van der Waals surface area contributed by atoms with Crippen molar-refractivity contribution in [2.75, 3.05) is 6.54 Å². The molecule has 1 fully saturated rings. The van der Waals surface area contributed by atoms with Gasteiger partial charge in [-0.15, -0.1) is 0 Å². The Hall–Kier alpha value is -0.570. The maximum atomic E-state index is 11.5. The number of carbonyl (C=O) groups excluding carboxylic acids is 1. The lowest BCUT2D eigenvalue weighted by Crippen LogP contribution is -2.47. The van der Waals surface area contributed by atoms with E-state index in [1.807, 2.05) is 0 Å². The molecule has 2 rings (SSSR count). The summed E-state index contributed by atoms with van der Waals surface area (Å²) in [6.45, 7) is 0.764. The maximum Gasteiger partial charge on any atom is 0.273 e. The summed E-state index contributed by atoms with van der Waals surface area (Å²) in [7, 11) is 0. The van der Waals surface area contributed by atoms with Crippen molar-refractivity contribution < 1.29 is 4.79 Å². The molecule has 0 bridgehead atoms. The van der Waals surface area contributed by atoms with Crippen LogP contribution in [0.3, 0.4) is 0 Å². The van der Waals surface area contributed by atoms with E-state index in [2.05, 4.69) is 40.8 Å². The van der Waals surface area contributed by atoms with Gasteiger partial charge in [0.05, 0.1) is 22.8 Å². The number of amides is 1. The molecule has 2 atom stereocenters. The third kappa shape index (κ3) is 2.08. The van der Waals surface area contributed by atoms with Crippen LogP contribution >= 0.6 is 27.7 Å². The highest BCUT2D eigenvalue weighted by atomic mass is 79.9. The molecule has 6 nitrogen and oxygen atoms in total. The Morgan fingerprint density at radius 1 is 1.79 bits per heavy atom. The van der Waals surface area contributed by atoms with E-state index in [9.17, 15) is 4.79 Å². The largest absolute Gasteiger partial charge is 0.333 e. The van der Waals surface area contributed by atoms with Crippen LogP contribution in [-0.2, 0) is 0 Å². The summed E-state index contributed by atoms with van der Waals surface area (Å²) < 4.78 is 7.60. The zero-order valence-electron chi connectivity index (χ0n) is 7.03. The fourth-order valence-corrected chi connectivity index (χ4v) is 1.92. The van der Waals surface area contributed by atoms with Gasteiger partial charge in [-0.3, -0.25) is 10.2 Å². The van der Waals surface area contributed by atoms with Gasteiger partial charge in [-0.25, -0.2) is 5.43 Å². The number of hydrazine groups is 1. The number of carbonyl (C=O) groups is 1. The molecule has 14 heavy (non-hydrogen) atoms. The normalized spacial score (nSPS) is 26.4. The van der Waals surface area contributed by atoms with Crippen molar-refractivity contribution in [3.63, 3.8) is 0 Å². The minimum atomic E-state index is -0.218. The molecule has 0 aliphatic carbocycles. The van der Waals surface area contributed by atoms with Gasteiger partial charge in [0, 0.05) is 6.54 Å². The molecule has 76 valence electrons. The van der Waals surface area contributed by atoms with E-state index in [-0.39, 0.29) is 16.9 Å². The standard InChI is InChI=1S/C6H8BrN5OS/c7-3-1-8-11-5(3)10-6(13)4-2-9-14-12-4/h2-3,5,8,11H,1H2,(H,10,13). The van der Waals surface area contributed by atoms with Crippen molar-refractivity contribution in [1.29, 1.82) is 0 Å². The molecule has 8 heteroatoms. The minimum absolute atomic E-state index is 0.121. The van der Waals surface area contributed by atoms with E-state index >= 15 is 0 Å². The van der Waals surface area contributed by atoms with Gasteiger partial charge >= 0.3 is 0 Å². The molecule has 0 spiro atoms. The monoisotopic (exact) mass is 277 g/mol. The smallest absolute Gasteiger partial charge is 0.273 e. The highest BCUT2D eigenvalue weighted by molar-refractivity contribution is 9.09. The van der Waals surface area contributed by atoms with Crippen LogP contribution in [0.5, 0.6) is 0 Å². The van der Waals surface area contributed by atoms with Crippen molar-refractivity contribution in [2.45, 2.75) is 11.0 Å². The van der Waals surface area contributed by atoms with Crippen molar-refractivity contribution in [3.05, 3.63) is 11.9 Å². The molecule has 0 aromatic carbocycles. The molecule has 3 N–H and O–H groups in total. The number of nitrogens with zero attached hydrogens (tertiary/aromatic N) is 2. The third-order valence-corrected chi connectivity index (χ3v) is 3.13. The van der Waals surface area contributed by atoms with Crippen LogP contribution in [-0.4, -0.2) is 32.2 Å². The first-order valence-corrected chi connectivity index (χ1v) is 5.63. The first-order valence-electron chi connectivity index (χ1n) is 3.98. The predicted octanol–water partition coefficient (Wildman–Crippen LogP) is -0.535. The second kappa shape index (κ2) is 4.30. The van der Waals surface area contributed by atoms with Crippen molar-refractivity contribution in [1.82, 2.24) is 24.9 Å². The third-order valence-electron chi connectivity index (χ3n) is 1.80. The van der Waals surface area contributed by atoms with Gasteiger partial charge in [0.25, 0.3) is 5.91 Å². The summed E-state index contributed by atoms with van der Waals surface area (Å²) in [6.07, 6.45) is 1.33. The fourth-order valence-electron chi connectivity index (χ4n) is 1.08. The second-order valence-corrected chi connectivity index (χ2v) is 4.52. The van der Waals surface area contributed by atoms with E-state index in [1.54, 1.807) is 0 Å². The summed E-state index contributed by atoms with van der Waals surface area (Å²) in [5.74, 6) is -0.218. The van der Waals surface area contributed by atoms with Gasteiger partial charge in [-0.2, -0.15) is 8.75 Å². The molecule has 1 aromatic heterocycles. The van der Waals surface area contributed by atoms with Crippen LogP contribution in [0.25, 0.3) is 0 Å². The maximum absolute atomic E-state index is 11.5. The average Bonchev–Trinajstić information content (AvgIpc) is 2.77. The second-order valence-electron chi connectivity index (χ2n) is 2.79. The molecule has 1 aromatic rings. The van der Waals surface area contributed by atoms with Gasteiger partial charge in [0.2, 0.25) is 0 Å². The van der Waals surface area contributed by atoms with Crippen molar-refractivity contribution in [2.24, 2.45) is 0 Å². The zero-order chi connectivity index (χ0) is 9.97. The van der Waals surface area contributed by atoms with Gasteiger partial charge in [0.1, 0.15) is 6.17 Å². The molecule has 2 heterocycles. The van der Waals surface area contributed by atoms with Gasteiger partial charge in [-0.05, 0) is 0 Å². The molecule has 0 saturated carbocycles. The summed E-state index contributed by atoms with van der Waals surface area (Å²) in [5, 5.41) is 2.78. The molecule has 1 saturated heterocycles. The molecule has 1 amide bonds. The Labute approximate surface area is 92.9 Å². The van der Waals surface area contributed by atoms with Crippen molar-refractivity contribution >= 4 is 33.6 Å². The zero-order valence-corrected chi connectivity index (χ0v) is 9.43. The molecule has 2 unspecified atom stereocenters. The lowest BCUT2D eigenvalue weighted by molar-refractivity contribution is 0.0929. The Morgan fingerprint density at radius 2 is 2.64 bits per heavy atom. The van der Waals surface area contributed by atoms with Crippen LogP contribution in [0.4, 0.5) is 0 Å². The number of rotatable bonds is 2. The lowest BCUT2D eigenvalue weighted by Gasteiger charge is -2.13. The molecule has 1 aliphatic rings. The molecule has 1 aliphatic heterocycles. The van der Waals surface area contributed by atoms with E-state index in [4.69, 9.17) is 0 Å². The molecular formula is C6H8BrN5OS. The van der Waals surface area contributed by atoms with Gasteiger partial charge < -0.3 is 5.32 Å². The highest BCUT2D eigenvalue weighted by Crippen LogP contribution is 2.07. The van der Waals surface area contributed by atoms with Crippen LogP contribution in [0.2, 0.25) is 0 Å². The quantitative estimate of drug-likeness (QED) is 0.634. The lowest BCUT2D eigenvalue weighted by atomic mass is 10.3. The van der Waals surface area contributed by atoms with E-state index in [0.717, 1.165) is 18.3 Å². The number of alkyl halides is 1. The SMILES string of the molecule is O=C(NC1NNCC1Br)c1cnsn1. The van der Waals surface area contributed by atoms with Gasteiger partial charge in [-0.1, -0.05) is 15.9 Å². The number of hydrogen-bond acceptors (Lipinski definition) is 6. The van der Waals surface area contributed by atoms with Gasteiger partial charge in [0.15, 0.2) is 5.69 Å². The van der Waals surface area contributed by atoms with Crippen LogP contribution < -0.4 is 16.2 Å². The fraction of sp³-hybridized carbons (Fsp3) is 0.500. The van der Waals surface area contributed by atoms with Crippen LogP contribution in [0, 0.1) is 0 Å². The summed E-state index contributed by atoms with van der Waals surface area (Å²) in [5.41, 5.74) is 6.20. The van der Waals surface area contributed by atoms with E-state index in [0.29, 0.717) is 5.69 Å². The number of aromatic nitrogens is 2. The number of halogens is 1. The molecule has 0 radical (unpaired) electrons. The average molecular weight is 278 g/mol. The first-order chi connectivity index (χ1) is 6.77. The number of nitrogens with one attached hydrogen (secondary N) is 3. The first kappa shape index (κ1) is 9.97. The Balaban J connectivity index is 1.95. The van der Waals surface area contributed by atoms with Crippen LogP contribution in [0.15, 0.2) is 6.20 Å². The van der Waals surface area contributed by atoms with E-state index < -0.39 is 0 Å². The Morgan fingerprint density at radius 3 is 3.21 bits per heavy atom. The highest BCUT2D eigenvalue weighted by Gasteiger charge is 2.26. The molecular weight excluding hydrogens is 270 g/mol. The minimum Gasteiger partial charge on any atom is -0.333 e. The summed E-state index contributed by atoms with van der Waals surface area (Å²) in [4.78, 5) is 11.7. The summed E-state index contributed by atoms with van der Waals surface area (Å²) in [6, 6.07) is 0. The topological polar surface area (TPSA) is 78.9 Å². The predicted molar refractivity (Wildman–Crippen MR) is 55.0 cm³/mol. The van der Waals surface area contributed by atoms with E-state index in [1.165, 1.54) is 6.20 Å². The Bertz CT molecular complexity index is 318. The van der Waals surface area contributed by atoms with Crippen molar-refractivity contribution in [3.8, 4) is 0 Å². The number of hydrogen-bond donors (Lipinski definition) is 3. The summed E-state index contributed by atoms with van der Waals surface area (Å²) >= 11 is 4.44. The Kier molecular flexibility index (Phi) is 3.06.